The van der Waals surface area contributed by atoms with Crippen LogP contribution in [-0.4, -0.2) is 16.4 Å². The molecule has 3 rings (SSSR count). The molecule has 96 valence electrons. The van der Waals surface area contributed by atoms with Crippen molar-refractivity contribution in [1.29, 1.82) is 0 Å². The van der Waals surface area contributed by atoms with E-state index in [1.54, 1.807) is 0 Å². The molecular weight excluding hydrogens is 250 g/mol. The number of aryl methyl sites for hydroxylation is 1. The summed E-state index contributed by atoms with van der Waals surface area (Å²) in [5.74, 6) is -0.0795. The molecule has 2 aromatic rings. The van der Waals surface area contributed by atoms with Gasteiger partial charge in [0.1, 0.15) is 0 Å². The Morgan fingerprint density at radius 3 is 2.78 bits per heavy atom. The molecule has 1 aliphatic carbocycles. The SMILES string of the molecule is Cc1cc2cc(NC(=O)C3(N)CC3)ccc2[nH]1.Cl. The number of aromatic nitrogens is 1. The standard InChI is InChI=1S/C13H15N3O.ClH/c1-8-6-9-7-10(2-3-11(9)15-8)16-12(17)13(14)4-5-13;/h2-3,6-7,15H,4-5,14H2,1H3,(H,16,17);1H. The maximum Gasteiger partial charge on any atom is 0.244 e. The zero-order valence-electron chi connectivity index (χ0n) is 10.1. The van der Waals surface area contributed by atoms with Gasteiger partial charge in [0.15, 0.2) is 0 Å². The van der Waals surface area contributed by atoms with E-state index in [-0.39, 0.29) is 18.3 Å². The Hall–Kier alpha value is -1.52. The minimum Gasteiger partial charge on any atom is -0.359 e. The first-order valence-corrected chi connectivity index (χ1v) is 5.77. The Kier molecular flexibility index (Phi) is 3.09. The van der Waals surface area contributed by atoms with E-state index in [4.69, 9.17) is 5.73 Å². The molecule has 1 amide bonds. The highest BCUT2D eigenvalue weighted by atomic mass is 35.5. The first-order chi connectivity index (χ1) is 8.07. The third-order valence-corrected chi connectivity index (χ3v) is 3.25. The van der Waals surface area contributed by atoms with Gasteiger partial charge in [-0.25, -0.2) is 0 Å². The summed E-state index contributed by atoms with van der Waals surface area (Å²) in [6, 6.07) is 7.87. The Labute approximate surface area is 111 Å². The zero-order valence-corrected chi connectivity index (χ0v) is 10.9. The number of halogens is 1. The Morgan fingerprint density at radius 2 is 2.11 bits per heavy atom. The van der Waals surface area contributed by atoms with Crippen molar-refractivity contribution >= 4 is 34.9 Å². The van der Waals surface area contributed by atoms with Crippen LogP contribution in [0.3, 0.4) is 0 Å². The average molecular weight is 266 g/mol. The number of H-pyrrole nitrogens is 1. The number of fused-ring (bicyclic) bond motifs is 1. The fourth-order valence-corrected chi connectivity index (χ4v) is 1.97. The monoisotopic (exact) mass is 265 g/mol. The van der Waals surface area contributed by atoms with Crippen molar-refractivity contribution < 1.29 is 4.79 Å². The molecule has 0 bridgehead atoms. The third-order valence-electron chi connectivity index (χ3n) is 3.25. The first kappa shape index (κ1) is 12.9. The van der Waals surface area contributed by atoms with Gasteiger partial charge in [0.2, 0.25) is 5.91 Å². The number of rotatable bonds is 2. The summed E-state index contributed by atoms with van der Waals surface area (Å²) >= 11 is 0. The normalized spacial score (nSPS) is 16.1. The van der Waals surface area contributed by atoms with Crippen LogP contribution in [0.1, 0.15) is 18.5 Å². The van der Waals surface area contributed by atoms with Crippen molar-refractivity contribution in [2.75, 3.05) is 5.32 Å². The zero-order chi connectivity index (χ0) is 12.0. The largest absolute Gasteiger partial charge is 0.359 e. The number of carbonyl (C=O) groups is 1. The molecule has 0 radical (unpaired) electrons. The number of nitrogens with one attached hydrogen (secondary N) is 2. The highest BCUT2D eigenvalue weighted by molar-refractivity contribution is 6.01. The second-order valence-electron chi connectivity index (χ2n) is 4.86. The van der Waals surface area contributed by atoms with Crippen LogP contribution in [0.25, 0.3) is 10.9 Å². The van der Waals surface area contributed by atoms with Gasteiger partial charge in [-0.05, 0) is 44.0 Å². The van der Waals surface area contributed by atoms with Gasteiger partial charge in [0.05, 0.1) is 5.54 Å². The molecule has 0 saturated heterocycles. The van der Waals surface area contributed by atoms with Gasteiger partial charge in [-0.15, -0.1) is 12.4 Å². The highest BCUT2D eigenvalue weighted by Crippen LogP contribution is 2.33. The lowest BCUT2D eigenvalue weighted by Gasteiger charge is -2.09. The van der Waals surface area contributed by atoms with Crippen molar-refractivity contribution in [1.82, 2.24) is 4.98 Å². The lowest BCUT2D eigenvalue weighted by molar-refractivity contribution is -0.118. The highest BCUT2D eigenvalue weighted by Gasteiger charge is 2.45. The van der Waals surface area contributed by atoms with Crippen LogP contribution >= 0.6 is 12.4 Å². The van der Waals surface area contributed by atoms with Crippen molar-refractivity contribution in [3.63, 3.8) is 0 Å². The maximum absolute atomic E-state index is 11.8. The summed E-state index contributed by atoms with van der Waals surface area (Å²) in [4.78, 5) is 15.0. The lowest BCUT2D eigenvalue weighted by atomic mass is 10.2. The number of amides is 1. The number of hydrogen-bond acceptors (Lipinski definition) is 2. The predicted molar refractivity (Wildman–Crippen MR) is 75.1 cm³/mol. The van der Waals surface area contributed by atoms with Crippen LogP contribution in [0.15, 0.2) is 24.3 Å². The number of anilines is 1. The van der Waals surface area contributed by atoms with Crippen LogP contribution in [0.5, 0.6) is 0 Å². The van der Waals surface area contributed by atoms with E-state index in [9.17, 15) is 4.79 Å². The van der Waals surface area contributed by atoms with Gasteiger partial charge in [0.25, 0.3) is 0 Å². The topological polar surface area (TPSA) is 70.9 Å². The molecule has 1 aromatic carbocycles. The van der Waals surface area contributed by atoms with E-state index >= 15 is 0 Å². The molecular formula is C13H16ClN3O. The second-order valence-corrected chi connectivity index (χ2v) is 4.86. The Bertz CT molecular complexity index is 601. The van der Waals surface area contributed by atoms with E-state index in [0.717, 1.165) is 35.1 Å². The molecule has 5 heteroatoms. The summed E-state index contributed by atoms with van der Waals surface area (Å²) in [5, 5.41) is 3.97. The lowest BCUT2D eigenvalue weighted by Crippen LogP contribution is -2.37. The number of benzene rings is 1. The summed E-state index contributed by atoms with van der Waals surface area (Å²) in [7, 11) is 0. The molecule has 1 fully saturated rings. The molecule has 1 aliphatic rings. The Balaban J connectivity index is 0.00000120. The van der Waals surface area contributed by atoms with Crippen LogP contribution in [-0.2, 0) is 4.79 Å². The number of hydrogen-bond donors (Lipinski definition) is 3. The number of aromatic amines is 1. The van der Waals surface area contributed by atoms with E-state index in [1.165, 1.54) is 0 Å². The number of carbonyl (C=O) groups excluding carboxylic acids is 1. The second kappa shape index (κ2) is 4.30. The number of nitrogens with two attached hydrogens (primary N) is 1. The van der Waals surface area contributed by atoms with Gasteiger partial charge < -0.3 is 16.0 Å². The smallest absolute Gasteiger partial charge is 0.244 e. The predicted octanol–water partition coefficient (Wildman–Crippen LogP) is 2.33. The average Bonchev–Trinajstić information content (AvgIpc) is 2.91. The van der Waals surface area contributed by atoms with E-state index < -0.39 is 5.54 Å². The van der Waals surface area contributed by atoms with Gasteiger partial charge >= 0.3 is 0 Å². The fraction of sp³-hybridized carbons (Fsp3) is 0.308. The van der Waals surface area contributed by atoms with Crippen LogP contribution in [0, 0.1) is 6.92 Å². The minimum absolute atomic E-state index is 0. The molecule has 0 unspecified atom stereocenters. The quantitative estimate of drug-likeness (QED) is 0.780. The molecule has 4 nitrogen and oxygen atoms in total. The van der Waals surface area contributed by atoms with Crippen LogP contribution in [0.4, 0.5) is 5.69 Å². The minimum atomic E-state index is -0.622. The molecule has 0 aliphatic heterocycles. The summed E-state index contributed by atoms with van der Waals surface area (Å²) < 4.78 is 0. The van der Waals surface area contributed by atoms with E-state index in [0.29, 0.717) is 0 Å². The Morgan fingerprint density at radius 1 is 1.39 bits per heavy atom. The van der Waals surface area contributed by atoms with E-state index in [1.807, 2.05) is 25.1 Å². The molecule has 0 spiro atoms. The first-order valence-electron chi connectivity index (χ1n) is 5.77. The van der Waals surface area contributed by atoms with Gasteiger partial charge in [-0.1, -0.05) is 0 Å². The van der Waals surface area contributed by atoms with Crippen molar-refractivity contribution in [2.24, 2.45) is 5.73 Å². The summed E-state index contributed by atoms with van der Waals surface area (Å²) in [6.07, 6.45) is 1.56. The van der Waals surface area contributed by atoms with E-state index in [2.05, 4.69) is 16.4 Å². The molecule has 18 heavy (non-hydrogen) atoms. The van der Waals surface area contributed by atoms with Gasteiger partial charge in [-0.2, -0.15) is 0 Å². The molecule has 1 aromatic heterocycles. The van der Waals surface area contributed by atoms with Gasteiger partial charge in [0, 0.05) is 22.3 Å². The van der Waals surface area contributed by atoms with Crippen molar-refractivity contribution in [3.8, 4) is 0 Å². The molecule has 4 N–H and O–H groups in total. The maximum atomic E-state index is 11.8. The third kappa shape index (κ3) is 2.21. The van der Waals surface area contributed by atoms with Gasteiger partial charge in [-0.3, -0.25) is 4.79 Å². The van der Waals surface area contributed by atoms with Crippen molar-refractivity contribution in [2.45, 2.75) is 25.3 Å². The molecule has 1 heterocycles. The van der Waals surface area contributed by atoms with Crippen LogP contribution < -0.4 is 11.1 Å². The summed E-state index contributed by atoms with van der Waals surface area (Å²) in [6.45, 7) is 2.01. The fourth-order valence-electron chi connectivity index (χ4n) is 1.97. The summed E-state index contributed by atoms with van der Waals surface area (Å²) in [5.41, 5.74) is 8.21. The van der Waals surface area contributed by atoms with Crippen LogP contribution in [0.2, 0.25) is 0 Å². The van der Waals surface area contributed by atoms with Crippen molar-refractivity contribution in [3.05, 3.63) is 30.0 Å². The molecule has 1 saturated carbocycles. The molecule has 0 atom stereocenters.